The summed E-state index contributed by atoms with van der Waals surface area (Å²) >= 11 is 0. The molecule has 3 aromatic rings. The normalized spacial score (nSPS) is 21.1. The monoisotopic (exact) mass is 339 g/mol. The Hall–Kier alpha value is -2.41. The zero-order chi connectivity index (χ0) is 17.0. The molecule has 0 amide bonds. The summed E-state index contributed by atoms with van der Waals surface area (Å²) < 4.78 is 5.98. The van der Waals surface area contributed by atoms with E-state index < -0.39 is 0 Å². The molecule has 2 aliphatic rings. The molecule has 1 fully saturated rings. The molecule has 1 aliphatic carbocycles. The SMILES string of the molecule is CN1CCCC[C@H]1c1nc2c3c(oc2c(=O)[nH]1)-c1c[nH]nc1CCC3. The van der Waals surface area contributed by atoms with E-state index in [1.54, 1.807) is 0 Å². The van der Waals surface area contributed by atoms with Gasteiger partial charge in [0.2, 0.25) is 5.58 Å². The standard InChI is InChI=1S/C18H21N5O2/c1-23-8-3-2-7-13(23)17-20-14-10-5-4-6-12-11(9-19-22-12)15(10)25-16(14)18(24)21-17/h9,13H,2-8H2,1H3,(H,19,22)(H,20,21,24)/t13-/m0/s1. The number of piperidine rings is 1. The largest absolute Gasteiger partial charge is 0.448 e. The van der Waals surface area contributed by atoms with Crippen LogP contribution in [0, 0.1) is 0 Å². The number of fused-ring (bicyclic) bond motifs is 5. The van der Waals surface area contributed by atoms with Crippen LogP contribution in [0.25, 0.3) is 22.4 Å². The maximum absolute atomic E-state index is 12.7. The van der Waals surface area contributed by atoms with Gasteiger partial charge in [0.05, 0.1) is 17.3 Å². The lowest BCUT2D eigenvalue weighted by Gasteiger charge is -2.31. The molecule has 130 valence electrons. The highest BCUT2D eigenvalue weighted by molar-refractivity contribution is 5.85. The molecule has 1 aliphatic heterocycles. The second-order valence-corrected chi connectivity index (χ2v) is 7.13. The molecule has 7 nitrogen and oxygen atoms in total. The maximum atomic E-state index is 12.7. The third-order valence-electron chi connectivity index (χ3n) is 5.55. The quantitative estimate of drug-likeness (QED) is 0.711. The number of furan rings is 1. The van der Waals surface area contributed by atoms with Crippen molar-refractivity contribution in [2.45, 2.75) is 44.6 Å². The van der Waals surface area contributed by atoms with Crippen LogP contribution in [0.2, 0.25) is 0 Å². The number of aryl methyl sites for hydroxylation is 2. The second-order valence-electron chi connectivity index (χ2n) is 7.13. The van der Waals surface area contributed by atoms with Gasteiger partial charge >= 0.3 is 0 Å². The van der Waals surface area contributed by atoms with E-state index in [9.17, 15) is 4.79 Å². The molecule has 1 atom stereocenters. The van der Waals surface area contributed by atoms with Crippen molar-refractivity contribution < 1.29 is 4.42 Å². The number of hydrogen-bond donors (Lipinski definition) is 2. The van der Waals surface area contributed by atoms with E-state index in [0.717, 1.165) is 66.2 Å². The van der Waals surface area contributed by atoms with Crippen LogP contribution in [-0.2, 0) is 12.8 Å². The minimum atomic E-state index is -0.183. The van der Waals surface area contributed by atoms with E-state index in [1.165, 1.54) is 12.8 Å². The fourth-order valence-corrected chi connectivity index (χ4v) is 4.22. The van der Waals surface area contributed by atoms with Gasteiger partial charge in [0.1, 0.15) is 17.1 Å². The molecule has 5 rings (SSSR count). The second kappa shape index (κ2) is 5.56. The number of rotatable bonds is 1. The number of aromatic amines is 2. The fraction of sp³-hybridized carbons (Fsp3) is 0.500. The number of H-pyrrole nitrogens is 2. The molecule has 3 aromatic heterocycles. The Bertz CT molecular complexity index is 999. The summed E-state index contributed by atoms with van der Waals surface area (Å²) in [6, 6.07) is 0.173. The smallest absolute Gasteiger partial charge is 0.294 e. The van der Waals surface area contributed by atoms with Gasteiger partial charge < -0.3 is 9.40 Å². The third kappa shape index (κ3) is 2.26. The Morgan fingerprint density at radius 3 is 3.08 bits per heavy atom. The fourth-order valence-electron chi connectivity index (χ4n) is 4.22. The summed E-state index contributed by atoms with van der Waals surface area (Å²) in [7, 11) is 2.10. The molecule has 4 heterocycles. The van der Waals surface area contributed by atoms with E-state index in [1.807, 2.05) is 6.20 Å². The lowest BCUT2D eigenvalue weighted by Crippen LogP contribution is -2.32. The van der Waals surface area contributed by atoms with Crippen LogP contribution >= 0.6 is 0 Å². The predicted molar refractivity (Wildman–Crippen MR) is 93.5 cm³/mol. The zero-order valence-electron chi connectivity index (χ0n) is 14.3. The van der Waals surface area contributed by atoms with E-state index in [-0.39, 0.29) is 11.6 Å². The van der Waals surface area contributed by atoms with Gasteiger partial charge in [-0.05, 0) is 45.7 Å². The van der Waals surface area contributed by atoms with Crippen LogP contribution in [0.4, 0.5) is 0 Å². The molecule has 7 heteroatoms. The summed E-state index contributed by atoms with van der Waals surface area (Å²) in [5.41, 5.74) is 3.88. The first-order valence-corrected chi connectivity index (χ1v) is 9.01. The van der Waals surface area contributed by atoms with Crippen molar-refractivity contribution in [2.75, 3.05) is 13.6 Å². The summed E-state index contributed by atoms with van der Waals surface area (Å²) in [6.07, 6.45) is 7.99. The molecule has 0 unspecified atom stereocenters. The van der Waals surface area contributed by atoms with Gasteiger partial charge in [-0.25, -0.2) is 4.98 Å². The minimum absolute atomic E-state index is 0.173. The van der Waals surface area contributed by atoms with E-state index in [0.29, 0.717) is 5.58 Å². The van der Waals surface area contributed by atoms with Gasteiger partial charge in [-0.1, -0.05) is 6.42 Å². The number of aromatic nitrogens is 4. The molecular weight excluding hydrogens is 318 g/mol. The van der Waals surface area contributed by atoms with Gasteiger partial charge in [0.15, 0.2) is 0 Å². The van der Waals surface area contributed by atoms with Crippen LogP contribution < -0.4 is 5.56 Å². The van der Waals surface area contributed by atoms with Crippen molar-refractivity contribution in [3.05, 3.63) is 33.6 Å². The first-order chi connectivity index (χ1) is 12.2. The lowest BCUT2D eigenvalue weighted by atomic mass is 10.0. The van der Waals surface area contributed by atoms with Gasteiger partial charge in [-0.15, -0.1) is 0 Å². The first kappa shape index (κ1) is 14.9. The van der Waals surface area contributed by atoms with E-state index >= 15 is 0 Å². The average Bonchev–Trinajstić information content (AvgIpc) is 3.17. The highest BCUT2D eigenvalue weighted by Gasteiger charge is 2.28. The molecule has 0 spiro atoms. The number of likely N-dealkylation sites (tertiary alicyclic amines) is 1. The maximum Gasteiger partial charge on any atom is 0.294 e. The first-order valence-electron chi connectivity index (χ1n) is 9.01. The highest BCUT2D eigenvalue weighted by atomic mass is 16.3. The van der Waals surface area contributed by atoms with Gasteiger partial charge in [0.25, 0.3) is 5.56 Å². The van der Waals surface area contributed by atoms with Crippen molar-refractivity contribution >= 4 is 11.1 Å². The molecule has 0 aromatic carbocycles. The Morgan fingerprint density at radius 2 is 2.20 bits per heavy atom. The Labute approximate surface area is 144 Å². The highest BCUT2D eigenvalue weighted by Crippen LogP contribution is 2.37. The van der Waals surface area contributed by atoms with E-state index in [2.05, 4.69) is 27.1 Å². The van der Waals surface area contributed by atoms with Crippen LogP contribution in [0.5, 0.6) is 0 Å². The molecule has 0 radical (unpaired) electrons. The van der Waals surface area contributed by atoms with E-state index in [4.69, 9.17) is 9.40 Å². The van der Waals surface area contributed by atoms with Gasteiger partial charge in [-0.3, -0.25) is 14.8 Å². The van der Waals surface area contributed by atoms with Crippen molar-refractivity contribution in [3.63, 3.8) is 0 Å². The molecule has 0 saturated carbocycles. The number of nitrogens with one attached hydrogen (secondary N) is 2. The molecule has 25 heavy (non-hydrogen) atoms. The summed E-state index contributed by atoms with van der Waals surface area (Å²) in [5.74, 6) is 1.52. The van der Waals surface area contributed by atoms with Gasteiger partial charge in [0, 0.05) is 11.8 Å². The van der Waals surface area contributed by atoms with Crippen LogP contribution in [0.1, 0.15) is 48.8 Å². The molecule has 0 bridgehead atoms. The van der Waals surface area contributed by atoms with Crippen molar-refractivity contribution in [2.24, 2.45) is 0 Å². The van der Waals surface area contributed by atoms with Crippen molar-refractivity contribution in [1.29, 1.82) is 0 Å². The lowest BCUT2D eigenvalue weighted by molar-refractivity contribution is 0.179. The van der Waals surface area contributed by atoms with Crippen LogP contribution in [-0.4, -0.2) is 38.7 Å². The van der Waals surface area contributed by atoms with Crippen LogP contribution in [0.3, 0.4) is 0 Å². The van der Waals surface area contributed by atoms with Gasteiger partial charge in [-0.2, -0.15) is 5.10 Å². The minimum Gasteiger partial charge on any atom is -0.448 e. The Kier molecular flexibility index (Phi) is 3.31. The topological polar surface area (TPSA) is 90.8 Å². The molecule has 1 saturated heterocycles. The summed E-state index contributed by atoms with van der Waals surface area (Å²) in [5, 5.41) is 7.22. The molecular formula is C18H21N5O2. The number of hydrogen-bond acceptors (Lipinski definition) is 5. The Morgan fingerprint density at radius 1 is 1.28 bits per heavy atom. The average molecular weight is 339 g/mol. The van der Waals surface area contributed by atoms with Crippen LogP contribution in [0.15, 0.2) is 15.4 Å². The third-order valence-corrected chi connectivity index (χ3v) is 5.55. The summed E-state index contributed by atoms with van der Waals surface area (Å²) in [4.78, 5) is 22.8. The molecule has 2 N–H and O–H groups in total. The zero-order valence-corrected chi connectivity index (χ0v) is 14.3. The summed E-state index contributed by atoms with van der Waals surface area (Å²) in [6.45, 7) is 1.04. The van der Waals surface area contributed by atoms with Crippen molar-refractivity contribution in [1.82, 2.24) is 25.1 Å². The van der Waals surface area contributed by atoms with Crippen molar-refractivity contribution in [3.8, 4) is 11.3 Å². The number of nitrogens with zero attached hydrogens (tertiary/aromatic N) is 3. The predicted octanol–water partition coefficient (Wildman–Crippen LogP) is 2.55. The Balaban J connectivity index is 1.71.